The molecular formula is C11H18O2. The maximum atomic E-state index is 5.53. The largest absolute Gasteiger partial charge is 0.494 e. The SMILES string of the molecule is C=CCOC1=COC(C(C)C)CC1. The van der Waals surface area contributed by atoms with Crippen molar-refractivity contribution < 1.29 is 9.47 Å². The molecule has 0 aliphatic carbocycles. The molecule has 0 N–H and O–H groups in total. The molecule has 0 saturated heterocycles. The summed E-state index contributed by atoms with van der Waals surface area (Å²) < 4.78 is 10.9. The molecule has 0 fully saturated rings. The molecule has 2 heteroatoms. The minimum atomic E-state index is 0.357. The van der Waals surface area contributed by atoms with Crippen molar-refractivity contribution in [3.8, 4) is 0 Å². The molecule has 0 bridgehead atoms. The molecule has 0 amide bonds. The van der Waals surface area contributed by atoms with Gasteiger partial charge >= 0.3 is 0 Å². The zero-order valence-corrected chi connectivity index (χ0v) is 8.45. The number of hydrogen-bond donors (Lipinski definition) is 0. The third-order valence-corrected chi connectivity index (χ3v) is 2.18. The van der Waals surface area contributed by atoms with Crippen LogP contribution in [-0.4, -0.2) is 12.7 Å². The van der Waals surface area contributed by atoms with Gasteiger partial charge in [-0.3, -0.25) is 0 Å². The van der Waals surface area contributed by atoms with E-state index >= 15 is 0 Å². The van der Waals surface area contributed by atoms with E-state index in [1.54, 1.807) is 12.3 Å². The Labute approximate surface area is 80.2 Å². The molecule has 1 aliphatic rings. The maximum Gasteiger partial charge on any atom is 0.131 e. The van der Waals surface area contributed by atoms with Gasteiger partial charge in [0.25, 0.3) is 0 Å². The molecule has 1 aliphatic heterocycles. The Morgan fingerprint density at radius 3 is 3.00 bits per heavy atom. The van der Waals surface area contributed by atoms with Gasteiger partial charge in [-0.2, -0.15) is 0 Å². The molecule has 0 aromatic heterocycles. The van der Waals surface area contributed by atoms with Crippen LogP contribution in [0.15, 0.2) is 24.7 Å². The highest BCUT2D eigenvalue weighted by Crippen LogP contribution is 2.22. The van der Waals surface area contributed by atoms with Gasteiger partial charge in [-0.25, -0.2) is 0 Å². The van der Waals surface area contributed by atoms with E-state index in [-0.39, 0.29) is 0 Å². The van der Waals surface area contributed by atoms with Crippen LogP contribution in [-0.2, 0) is 9.47 Å². The van der Waals surface area contributed by atoms with Crippen LogP contribution >= 0.6 is 0 Å². The first-order chi connectivity index (χ1) is 6.24. The quantitative estimate of drug-likeness (QED) is 0.622. The molecule has 2 nitrogen and oxygen atoms in total. The van der Waals surface area contributed by atoms with Crippen LogP contribution in [0, 0.1) is 5.92 Å². The first kappa shape index (κ1) is 10.2. The molecule has 0 saturated carbocycles. The monoisotopic (exact) mass is 182 g/mol. The van der Waals surface area contributed by atoms with Crippen molar-refractivity contribution >= 4 is 0 Å². The standard InChI is InChI=1S/C11H18O2/c1-4-7-12-10-5-6-11(9(2)3)13-8-10/h4,8-9,11H,1,5-7H2,2-3H3. The minimum absolute atomic E-state index is 0.357. The Balaban J connectivity index is 2.34. The van der Waals surface area contributed by atoms with E-state index in [0.29, 0.717) is 18.6 Å². The Morgan fingerprint density at radius 1 is 1.77 bits per heavy atom. The third kappa shape index (κ3) is 3.13. The van der Waals surface area contributed by atoms with E-state index < -0.39 is 0 Å². The van der Waals surface area contributed by atoms with Gasteiger partial charge in [-0.1, -0.05) is 26.5 Å². The van der Waals surface area contributed by atoms with Gasteiger partial charge in [-0.05, 0) is 12.3 Å². The van der Waals surface area contributed by atoms with E-state index in [0.717, 1.165) is 18.6 Å². The topological polar surface area (TPSA) is 18.5 Å². The summed E-state index contributed by atoms with van der Waals surface area (Å²) in [6.07, 6.45) is 5.89. The van der Waals surface area contributed by atoms with Crippen LogP contribution in [0.2, 0.25) is 0 Å². The summed E-state index contributed by atoms with van der Waals surface area (Å²) in [5, 5.41) is 0. The first-order valence-corrected chi connectivity index (χ1v) is 4.82. The Hall–Kier alpha value is -0.920. The lowest BCUT2D eigenvalue weighted by Crippen LogP contribution is -2.21. The van der Waals surface area contributed by atoms with Crippen molar-refractivity contribution in [2.45, 2.75) is 32.8 Å². The summed E-state index contributed by atoms with van der Waals surface area (Å²) in [7, 11) is 0. The predicted molar refractivity (Wildman–Crippen MR) is 53.2 cm³/mol. The van der Waals surface area contributed by atoms with Crippen LogP contribution in [0.25, 0.3) is 0 Å². The molecule has 1 atom stereocenters. The van der Waals surface area contributed by atoms with Crippen molar-refractivity contribution in [3.63, 3.8) is 0 Å². The normalized spacial score (nSPS) is 22.1. The Morgan fingerprint density at radius 2 is 2.54 bits per heavy atom. The van der Waals surface area contributed by atoms with Crippen molar-refractivity contribution in [1.82, 2.24) is 0 Å². The van der Waals surface area contributed by atoms with Crippen LogP contribution in [0.5, 0.6) is 0 Å². The lowest BCUT2D eigenvalue weighted by atomic mass is 10.0. The molecular weight excluding hydrogens is 164 g/mol. The maximum absolute atomic E-state index is 5.53. The lowest BCUT2D eigenvalue weighted by molar-refractivity contribution is 0.0550. The number of hydrogen-bond acceptors (Lipinski definition) is 2. The average molecular weight is 182 g/mol. The molecule has 1 unspecified atom stereocenters. The molecule has 1 heterocycles. The lowest BCUT2D eigenvalue weighted by Gasteiger charge is -2.25. The van der Waals surface area contributed by atoms with Crippen molar-refractivity contribution in [2.24, 2.45) is 5.92 Å². The number of rotatable bonds is 4. The van der Waals surface area contributed by atoms with Gasteiger partial charge in [0.2, 0.25) is 0 Å². The van der Waals surface area contributed by atoms with Crippen LogP contribution in [0.3, 0.4) is 0 Å². The minimum Gasteiger partial charge on any atom is -0.494 e. The predicted octanol–water partition coefficient (Wildman–Crippen LogP) is 2.87. The van der Waals surface area contributed by atoms with E-state index in [1.807, 2.05) is 0 Å². The highest BCUT2D eigenvalue weighted by molar-refractivity contribution is 4.94. The highest BCUT2D eigenvalue weighted by Gasteiger charge is 2.18. The number of ether oxygens (including phenoxy) is 2. The fraction of sp³-hybridized carbons (Fsp3) is 0.636. The summed E-state index contributed by atoms with van der Waals surface area (Å²) in [5.41, 5.74) is 0. The van der Waals surface area contributed by atoms with E-state index in [9.17, 15) is 0 Å². The molecule has 74 valence electrons. The highest BCUT2D eigenvalue weighted by atomic mass is 16.5. The summed E-state index contributed by atoms with van der Waals surface area (Å²) in [4.78, 5) is 0. The van der Waals surface area contributed by atoms with E-state index in [2.05, 4.69) is 20.4 Å². The van der Waals surface area contributed by atoms with E-state index in [4.69, 9.17) is 9.47 Å². The van der Waals surface area contributed by atoms with Crippen molar-refractivity contribution in [3.05, 3.63) is 24.7 Å². The van der Waals surface area contributed by atoms with Crippen molar-refractivity contribution in [1.29, 1.82) is 0 Å². The average Bonchev–Trinajstić information content (AvgIpc) is 2.15. The van der Waals surface area contributed by atoms with E-state index in [1.165, 1.54) is 0 Å². The molecule has 0 radical (unpaired) electrons. The molecule has 1 rings (SSSR count). The summed E-state index contributed by atoms with van der Waals surface area (Å²) in [6.45, 7) is 8.52. The summed E-state index contributed by atoms with van der Waals surface area (Å²) in [5.74, 6) is 1.52. The second-order valence-corrected chi connectivity index (χ2v) is 3.64. The smallest absolute Gasteiger partial charge is 0.131 e. The Bertz CT molecular complexity index is 194. The summed E-state index contributed by atoms with van der Waals surface area (Å²) in [6, 6.07) is 0. The second-order valence-electron chi connectivity index (χ2n) is 3.64. The zero-order chi connectivity index (χ0) is 9.68. The van der Waals surface area contributed by atoms with Crippen LogP contribution in [0.4, 0.5) is 0 Å². The van der Waals surface area contributed by atoms with Gasteiger partial charge in [0.15, 0.2) is 0 Å². The van der Waals surface area contributed by atoms with Gasteiger partial charge in [0.1, 0.15) is 24.7 Å². The summed E-state index contributed by atoms with van der Waals surface area (Å²) >= 11 is 0. The molecule has 13 heavy (non-hydrogen) atoms. The van der Waals surface area contributed by atoms with Crippen LogP contribution in [0.1, 0.15) is 26.7 Å². The molecule has 0 aromatic carbocycles. The van der Waals surface area contributed by atoms with Gasteiger partial charge in [-0.15, -0.1) is 0 Å². The van der Waals surface area contributed by atoms with Gasteiger partial charge in [0.05, 0.1) is 0 Å². The second kappa shape index (κ2) is 4.95. The van der Waals surface area contributed by atoms with Gasteiger partial charge < -0.3 is 9.47 Å². The van der Waals surface area contributed by atoms with Crippen LogP contribution < -0.4 is 0 Å². The zero-order valence-electron chi connectivity index (χ0n) is 8.45. The fourth-order valence-electron chi connectivity index (χ4n) is 1.34. The number of allylic oxidation sites excluding steroid dienone is 1. The first-order valence-electron chi connectivity index (χ1n) is 4.82. The molecule has 0 aromatic rings. The molecule has 0 spiro atoms. The Kier molecular flexibility index (Phi) is 3.87. The van der Waals surface area contributed by atoms with Gasteiger partial charge in [0, 0.05) is 6.42 Å². The third-order valence-electron chi connectivity index (χ3n) is 2.18. The fourth-order valence-corrected chi connectivity index (χ4v) is 1.34. The van der Waals surface area contributed by atoms with Crippen molar-refractivity contribution in [2.75, 3.05) is 6.61 Å².